The van der Waals surface area contributed by atoms with Gasteiger partial charge >= 0.3 is 17.1 Å². The molecule has 0 saturated heterocycles. The van der Waals surface area contributed by atoms with Crippen molar-refractivity contribution in [3.63, 3.8) is 0 Å². The minimum Gasteiger partial charge on any atom is -0.456 e. The van der Waals surface area contributed by atoms with Gasteiger partial charge < -0.3 is 31.4 Å². The van der Waals surface area contributed by atoms with Crippen molar-refractivity contribution in [3.8, 4) is 0 Å². The molecular weight excluding hydrogens is 533 g/mol. The van der Waals surface area contributed by atoms with E-state index in [9.17, 15) is 5.11 Å². The van der Waals surface area contributed by atoms with Crippen LogP contribution in [0.1, 0.15) is 6.42 Å². The van der Waals surface area contributed by atoms with Crippen molar-refractivity contribution in [1.29, 1.82) is 0 Å². The number of aliphatic hydroxyl groups excluding tert-OH is 2. The van der Waals surface area contributed by atoms with Crippen LogP contribution in [0, 0.1) is 0 Å². The number of ether oxygens (including phenoxy) is 1. The molecule has 2 N–H and O–H groups in total. The maximum atomic E-state index is 9.50. The summed E-state index contributed by atoms with van der Waals surface area (Å²) < 4.78 is 32.9. The van der Waals surface area contributed by atoms with Crippen molar-refractivity contribution in [3.05, 3.63) is 0 Å². The molecule has 34 heavy (non-hydrogen) atoms. The second kappa shape index (κ2) is 13.7. The minimum absolute atomic E-state index is 0.145. The van der Waals surface area contributed by atoms with Gasteiger partial charge in [0, 0.05) is 6.61 Å². The third kappa shape index (κ3) is 18.3. The zero-order valence-corrected chi connectivity index (χ0v) is 30.5. The first-order valence-corrected chi connectivity index (χ1v) is 31.0. The molecule has 0 fully saturated rings. The Balaban J connectivity index is 5.57. The lowest BCUT2D eigenvalue weighted by molar-refractivity contribution is 0.00623. The summed E-state index contributed by atoms with van der Waals surface area (Å²) >= 11 is 0. The van der Waals surface area contributed by atoms with Gasteiger partial charge in [-0.3, -0.25) is 0 Å². The fourth-order valence-corrected chi connectivity index (χ4v) is 33.0. The van der Waals surface area contributed by atoms with Crippen molar-refractivity contribution in [1.82, 2.24) is 0 Å². The molecule has 0 bridgehead atoms. The standard InChI is InChI=1S/C21H56O7Si6/c1-29(2,3)25-32(10,11)17-18-34(13,27-31(7,8)9)28-33(12,26-30(4,5)6)16-14-15-24-20-21(23)19-22/h21-23H,14-20H2,1-13H3. The summed E-state index contributed by atoms with van der Waals surface area (Å²) in [4.78, 5) is 0. The normalized spacial score (nSPS) is 18.4. The monoisotopic (exact) mass is 588 g/mol. The molecule has 3 unspecified atom stereocenters. The molecule has 0 aliphatic carbocycles. The Kier molecular flexibility index (Phi) is 14.1. The molecule has 0 aromatic heterocycles. The van der Waals surface area contributed by atoms with Gasteiger partial charge in [-0.25, -0.2) is 0 Å². The van der Waals surface area contributed by atoms with Crippen LogP contribution in [0.2, 0.25) is 103 Å². The van der Waals surface area contributed by atoms with E-state index in [2.05, 4.69) is 85.1 Å². The van der Waals surface area contributed by atoms with Gasteiger partial charge in [0.15, 0.2) is 33.3 Å². The average Bonchev–Trinajstić information content (AvgIpc) is 2.54. The molecule has 13 heteroatoms. The van der Waals surface area contributed by atoms with E-state index in [1.165, 1.54) is 0 Å². The van der Waals surface area contributed by atoms with Gasteiger partial charge in [-0.15, -0.1) is 0 Å². The minimum atomic E-state index is -2.54. The Labute approximate surface area is 216 Å². The van der Waals surface area contributed by atoms with Crippen LogP contribution in [0.5, 0.6) is 0 Å². The van der Waals surface area contributed by atoms with Crippen LogP contribution in [-0.2, 0) is 21.2 Å². The Bertz CT molecular complexity index is 592. The molecule has 206 valence electrons. The predicted molar refractivity (Wildman–Crippen MR) is 158 cm³/mol. The lowest BCUT2D eigenvalue weighted by Crippen LogP contribution is -2.58. The second-order valence-corrected chi connectivity index (χ2v) is 38.8. The van der Waals surface area contributed by atoms with Crippen LogP contribution in [0.25, 0.3) is 0 Å². The van der Waals surface area contributed by atoms with E-state index in [1.54, 1.807) is 0 Å². The van der Waals surface area contributed by atoms with Crippen LogP contribution in [-0.4, -0.2) is 86.5 Å². The van der Waals surface area contributed by atoms with E-state index in [4.69, 9.17) is 26.3 Å². The third-order valence-electron chi connectivity index (χ3n) is 4.68. The number of hydrogen-bond acceptors (Lipinski definition) is 7. The molecule has 0 heterocycles. The van der Waals surface area contributed by atoms with E-state index < -0.39 is 56.5 Å². The Morgan fingerprint density at radius 2 is 1.03 bits per heavy atom. The molecule has 0 saturated carbocycles. The van der Waals surface area contributed by atoms with Gasteiger partial charge in [0.2, 0.25) is 0 Å². The zero-order valence-electron chi connectivity index (χ0n) is 24.5. The molecule has 0 amide bonds. The average molecular weight is 589 g/mol. The van der Waals surface area contributed by atoms with E-state index >= 15 is 0 Å². The lowest BCUT2D eigenvalue weighted by atomic mass is 10.4. The summed E-state index contributed by atoms with van der Waals surface area (Å²) in [5.41, 5.74) is 0. The molecule has 0 aromatic rings. The van der Waals surface area contributed by atoms with Crippen molar-refractivity contribution < 1.29 is 31.4 Å². The summed E-state index contributed by atoms with van der Waals surface area (Å²) in [5.74, 6) is 0. The largest absolute Gasteiger partial charge is 0.456 e. The van der Waals surface area contributed by atoms with Crippen LogP contribution >= 0.6 is 0 Å². The Hall–Kier alpha value is 1.02. The smallest absolute Gasteiger partial charge is 0.315 e. The number of rotatable bonds is 18. The second-order valence-electron chi connectivity index (χ2n) is 13.3. The van der Waals surface area contributed by atoms with Crippen LogP contribution < -0.4 is 0 Å². The Morgan fingerprint density at radius 1 is 0.588 bits per heavy atom. The van der Waals surface area contributed by atoms with Gasteiger partial charge in [0.1, 0.15) is 6.10 Å². The predicted octanol–water partition coefficient (Wildman–Crippen LogP) is 5.67. The van der Waals surface area contributed by atoms with Crippen LogP contribution in [0.4, 0.5) is 0 Å². The van der Waals surface area contributed by atoms with Gasteiger partial charge in [0.25, 0.3) is 0 Å². The highest BCUT2D eigenvalue weighted by Gasteiger charge is 2.47. The summed E-state index contributed by atoms with van der Waals surface area (Å²) in [7, 11) is -12.2. The molecule has 7 nitrogen and oxygen atoms in total. The molecule has 3 atom stereocenters. The number of hydrogen-bond donors (Lipinski definition) is 2. The van der Waals surface area contributed by atoms with Gasteiger partial charge in [-0.1, -0.05) is 0 Å². The molecule has 0 aliphatic heterocycles. The van der Waals surface area contributed by atoms with E-state index in [0.717, 1.165) is 24.6 Å². The van der Waals surface area contributed by atoms with E-state index in [-0.39, 0.29) is 13.2 Å². The molecular formula is C21H56O7Si6. The first kappa shape index (κ1) is 35.0. The highest BCUT2D eigenvalue weighted by Crippen LogP contribution is 2.33. The van der Waals surface area contributed by atoms with Crippen LogP contribution in [0.3, 0.4) is 0 Å². The molecule has 0 aliphatic rings. The SMILES string of the molecule is C[Si](C)(C)O[Si](C)(C)CC[Si](C)(O[Si](C)(C)C)O[Si](C)(CCCOCC(O)CO)O[Si](C)(C)C. The molecule has 0 spiro atoms. The van der Waals surface area contributed by atoms with Crippen molar-refractivity contribution in [2.75, 3.05) is 19.8 Å². The van der Waals surface area contributed by atoms with Crippen molar-refractivity contribution in [2.24, 2.45) is 0 Å². The van der Waals surface area contributed by atoms with E-state index in [1.807, 2.05) is 0 Å². The molecule has 0 radical (unpaired) electrons. The van der Waals surface area contributed by atoms with Gasteiger partial charge in [0.05, 0.1) is 13.2 Å². The fraction of sp³-hybridized carbons (Fsp3) is 1.00. The van der Waals surface area contributed by atoms with Gasteiger partial charge in [-0.05, 0) is 110 Å². The maximum Gasteiger partial charge on any atom is 0.315 e. The topological polar surface area (TPSA) is 86.6 Å². The summed E-state index contributed by atoms with van der Waals surface area (Å²) in [6.07, 6.45) is -0.0354. The number of aliphatic hydroxyl groups is 2. The zero-order chi connectivity index (χ0) is 27.1. The quantitative estimate of drug-likeness (QED) is 0.158. The summed E-state index contributed by atoms with van der Waals surface area (Å²) in [5, 5.41) is 18.5. The first-order chi connectivity index (χ1) is 15.0. The molecule has 0 rings (SSSR count). The van der Waals surface area contributed by atoms with Crippen molar-refractivity contribution >= 4 is 50.4 Å². The van der Waals surface area contributed by atoms with Crippen molar-refractivity contribution in [2.45, 2.75) is 116 Å². The Morgan fingerprint density at radius 3 is 1.44 bits per heavy atom. The summed E-state index contributed by atoms with van der Waals surface area (Å²) in [6, 6.07) is 2.78. The summed E-state index contributed by atoms with van der Waals surface area (Å²) in [6.45, 7) is 29.6. The first-order valence-electron chi connectivity index (χ1n) is 12.7. The third-order valence-corrected chi connectivity index (χ3v) is 25.5. The molecule has 0 aromatic carbocycles. The highest BCUT2D eigenvalue weighted by molar-refractivity contribution is 6.91. The highest BCUT2D eigenvalue weighted by atomic mass is 28.5. The van der Waals surface area contributed by atoms with E-state index in [0.29, 0.717) is 6.61 Å². The fourth-order valence-electron chi connectivity index (χ4n) is 4.17. The lowest BCUT2D eigenvalue weighted by Gasteiger charge is -2.44. The van der Waals surface area contributed by atoms with Crippen LogP contribution in [0.15, 0.2) is 0 Å². The van der Waals surface area contributed by atoms with Gasteiger partial charge in [-0.2, -0.15) is 0 Å². The maximum absolute atomic E-state index is 9.50.